The second kappa shape index (κ2) is 10.5. The Morgan fingerprint density at radius 3 is 2.71 bits per heavy atom. The van der Waals surface area contributed by atoms with Gasteiger partial charge in [-0.05, 0) is 19.1 Å². The fourth-order valence-corrected chi connectivity index (χ4v) is 4.87. The number of carbonyl (C=O) groups is 1. The Bertz CT molecular complexity index is 1200. The summed E-state index contributed by atoms with van der Waals surface area (Å²) in [7, 11) is -4.39. The van der Waals surface area contributed by atoms with Crippen LogP contribution >= 0.6 is 7.75 Å². The van der Waals surface area contributed by atoms with Gasteiger partial charge >= 0.3 is 19.4 Å². The average molecular weight is 499 g/mol. The number of hydrogen-bond donors (Lipinski definition) is 4. The monoisotopic (exact) mass is 499 g/mol. The summed E-state index contributed by atoms with van der Waals surface area (Å²) < 4.78 is 44.5. The molecule has 2 heterocycles. The fourth-order valence-electron chi connectivity index (χ4n) is 3.21. The predicted octanol–water partition coefficient (Wildman–Crippen LogP) is 1.15. The van der Waals surface area contributed by atoms with Gasteiger partial charge in [-0.15, -0.1) is 6.58 Å². The molecule has 1 fully saturated rings. The van der Waals surface area contributed by atoms with E-state index in [1.807, 2.05) is 0 Å². The van der Waals surface area contributed by atoms with Gasteiger partial charge in [0.15, 0.2) is 0 Å². The Hall–Kier alpha value is -3.09. The number of ether oxygens (including phenoxy) is 1. The largest absolute Gasteiger partial charge is 0.480 e. The van der Waals surface area contributed by atoms with Crippen LogP contribution in [0.3, 0.4) is 0 Å². The highest BCUT2D eigenvalue weighted by atomic mass is 31.2. The number of rotatable bonds is 10. The van der Waals surface area contributed by atoms with Crippen LogP contribution < -0.4 is 20.9 Å². The third-order valence-corrected chi connectivity index (χ3v) is 6.55. The number of aliphatic hydroxyl groups excluding tert-OH is 1. The molecule has 0 aliphatic carbocycles. The third-order valence-electron chi connectivity index (χ3n) is 4.88. The number of aromatic amines is 1. The number of para-hydroxylation sites is 1. The Morgan fingerprint density at radius 2 is 2.09 bits per heavy atom. The van der Waals surface area contributed by atoms with Crippen LogP contribution in [0.25, 0.3) is 0 Å². The number of nitrogens with one attached hydrogen (secondary N) is 2. The van der Waals surface area contributed by atoms with Gasteiger partial charge in [0.05, 0.1) is 12.3 Å². The van der Waals surface area contributed by atoms with Crippen LogP contribution in [0.4, 0.5) is 4.39 Å². The van der Waals surface area contributed by atoms with Crippen molar-refractivity contribution in [2.24, 2.45) is 0 Å². The van der Waals surface area contributed by atoms with Gasteiger partial charge < -0.3 is 19.5 Å². The van der Waals surface area contributed by atoms with Crippen molar-refractivity contribution >= 4 is 13.7 Å². The van der Waals surface area contributed by atoms with E-state index >= 15 is 0 Å². The zero-order valence-electron chi connectivity index (χ0n) is 17.9. The van der Waals surface area contributed by atoms with Crippen molar-refractivity contribution in [3.63, 3.8) is 0 Å². The summed E-state index contributed by atoms with van der Waals surface area (Å²) in [4.78, 5) is 36.4. The molecule has 0 saturated carbocycles. The first-order valence-corrected chi connectivity index (χ1v) is 11.6. The molecule has 2 unspecified atom stereocenters. The van der Waals surface area contributed by atoms with Crippen LogP contribution in [0.2, 0.25) is 0 Å². The van der Waals surface area contributed by atoms with Crippen LogP contribution in [0.1, 0.15) is 19.6 Å². The molecule has 1 aromatic heterocycles. The molecule has 1 saturated heterocycles. The molecule has 0 bridgehead atoms. The molecule has 14 heteroatoms. The summed E-state index contributed by atoms with van der Waals surface area (Å²) >= 11 is 0. The first-order valence-electron chi connectivity index (χ1n) is 10.0. The minimum Gasteiger partial charge on any atom is -0.480 e. The zero-order valence-corrected chi connectivity index (χ0v) is 18.8. The van der Waals surface area contributed by atoms with E-state index in [1.165, 1.54) is 19.1 Å². The lowest BCUT2D eigenvalue weighted by atomic mass is 10.1. The number of nitrogens with zero attached hydrogens (tertiary/aromatic N) is 1. The summed E-state index contributed by atoms with van der Waals surface area (Å²) in [6, 6.07) is 6.48. The van der Waals surface area contributed by atoms with Crippen molar-refractivity contribution in [2.75, 3.05) is 0 Å². The summed E-state index contributed by atoms with van der Waals surface area (Å²) in [5.41, 5.74) is -2.17. The highest BCUT2D eigenvalue weighted by Crippen LogP contribution is 2.48. The Kier molecular flexibility index (Phi) is 7.85. The lowest BCUT2D eigenvalue weighted by Gasteiger charge is -2.28. The zero-order chi connectivity index (χ0) is 25.0. The van der Waals surface area contributed by atoms with E-state index in [0.29, 0.717) is 6.20 Å². The Labute approximate surface area is 192 Å². The summed E-state index contributed by atoms with van der Waals surface area (Å²) in [5, 5.41) is 22.0. The number of benzene rings is 1. The topological polar surface area (TPSA) is 169 Å². The normalized spacial score (nSPS) is 23.6. The molecular weight excluding hydrogens is 476 g/mol. The summed E-state index contributed by atoms with van der Waals surface area (Å²) in [5.74, 6) is -2.45. The number of aromatic nitrogens is 2. The highest BCUT2D eigenvalue weighted by Gasteiger charge is 2.44. The molecule has 34 heavy (non-hydrogen) atoms. The van der Waals surface area contributed by atoms with E-state index in [4.69, 9.17) is 13.8 Å². The predicted molar refractivity (Wildman–Crippen MR) is 116 cm³/mol. The van der Waals surface area contributed by atoms with E-state index in [0.717, 1.165) is 10.6 Å². The number of carboxylic acids is 1. The highest BCUT2D eigenvalue weighted by molar-refractivity contribution is 7.52. The standard InChI is InChI=1S/C20H23FN3O9P/c1-3-15(17-14(25)9-16(31-17)24-10-13(21)18(26)22-20(24)29)33-34(30,23-11(2)19(27)28)32-12-7-5-4-6-8-12/h3-8,10-11,14-17,25H,1,9H2,2H3,(H,23,30)(H,27,28)(H,22,26,29)/t11?,14-,15?,16+,17-,34-/m0/s1. The number of carboxylic acid groups (broad SMARTS) is 1. The Balaban J connectivity index is 1.85. The minimum atomic E-state index is -4.39. The second-order valence-corrected chi connectivity index (χ2v) is 9.05. The molecule has 1 aromatic carbocycles. The first-order chi connectivity index (χ1) is 16.0. The molecule has 12 nitrogen and oxygen atoms in total. The van der Waals surface area contributed by atoms with Crippen molar-refractivity contribution in [1.29, 1.82) is 0 Å². The van der Waals surface area contributed by atoms with E-state index < -0.39 is 61.4 Å². The second-order valence-electron chi connectivity index (χ2n) is 7.40. The van der Waals surface area contributed by atoms with Crippen molar-refractivity contribution in [3.8, 4) is 5.75 Å². The summed E-state index contributed by atoms with van der Waals surface area (Å²) in [6.45, 7) is 4.80. The maximum atomic E-state index is 13.7. The van der Waals surface area contributed by atoms with Crippen LogP contribution in [0, 0.1) is 5.82 Å². The van der Waals surface area contributed by atoms with Crippen LogP contribution in [-0.4, -0.2) is 50.1 Å². The number of H-pyrrole nitrogens is 1. The molecule has 0 amide bonds. The van der Waals surface area contributed by atoms with Gasteiger partial charge in [0.2, 0.25) is 5.82 Å². The third kappa shape index (κ3) is 5.88. The van der Waals surface area contributed by atoms with Crippen molar-refractivity contribution in [2.45, 2.75) is 43.9 Å². The van der Waals surface area contributed by atoms with Gasteiger partial charge in [-0.3, -0.25) is 23.7 Å². The van der Waals surface area contributed by atoms with Crippen LogP contribution in [-0.2, 0) is 18.6 Å². The number of aliphatic hydroxyl groups is 1. The smallest absolute Gasteiger partial charge is 0.460 e. The molecule has 1 aliphatic heterocycles. The van der Waals surface area contributed by atoms with Gasteiger partial charge in [0.25, 0.3) is 5.56 Å². The Morgan fingerprint density at radius 1 is 1.41 bits per heavy atom. The lowest BCUT2D eigenvalue weighted by Crippen LogP contribution is -2.39. The van der Waals surface area contributed by atoms with E-state index in [-0.39, 0.29) is 12.2 Å². The van der Waals surface area contributed by atoms with Gasteiger partial charge in [0.1, 0.15) is 30.2 Å². The lowest BCUT2D eigenvalue weighted by molar-refractivity contribution is -0.138. The van der Waals surface area contributed by atoms with Gasteiger partial charge in [-0.2, -0.15) is 9.48 Å². The maximum absolute atomic E-state index is 13.7. The molecule has 2 aromatic rings. The first kappa shape index (κ1) is 25.5. The number of aliphatic carboxylic acids is 1. The molecular formula is C20H23FN3O9P. The van der Waals surface area contributed by atoms with E-state index in [9.17, 15) is 33.6 Å². The average Bonchev–Trinajstić information content (AvgIpc) is 3.16. The van der Waals surface area contributed by atoms with Crippen LogP contribution in [0.5, 0.6) is 5.75 Å². The fraction of sp³-hybridized carbons (Fsp3) is 0.350. The van der Waals surface area contributed by atoms with Gasteiger partial charge in [-0.25, -0.2) is 9.36 Å². The van der Waals surface area contributed by atoms with Crippen LogP contribution in [0.15, 0.2) is 58.8 Å². The molecule has 184 valence electrons. The van der Waals surface area contributed by atoms with E-state index in [2.05, 4.69) is 11.7 Å². The van der Waals surface area contributed by atoms with E-state index in [1.54, 1.807) is 23.2 Å². The summed E-state index contributed by atoms with van der Waals surface area (Å²) in [6.07, 6.45) is -3.45. The van der Waals surface area contributed by atoms with Gasteiger partial charge in [-0.1, -0.05) is 24.3 Å². The van der Waals surface area contributed by atoms with Crippen molar-refractivity contribution < 1.29 is 37.7 Å². The molecule has 4 N–H and O–H groups in total. The van der Waals surface area contributed by atoms with Crippen molar-refractivity contribution in [1.82, 2.24) is 14.6 Å². The molecule has 0 radical (unpaired) electrons. The molecule has 3 rings (SSSR count). The van der Waals surface area contributed by atoms with Gasteiger partial charge in [0, 0.05) is 6.42 Å². The molecule has 0 spiro atoms. The number of halogens is 1. The van der Waals surface area contributed by atoms with Crippen molar-refractivity contribution in [3.05, 3.63) is 75.8 Å². The quantitative estimate of drug-likeness (QED) is 0.275. The molecule has 1 aliphatic rings. The number of hydrogen-bond acceptors (Lipinski definition) is 8. The SMILES string of the molecule is C=CC(O[P@](=O)(NC(C)C(=O)O)Oc1ccccc1)[C@H]1O[C@@H](n2cc(F)c(=O)[nH]c2=O)C[C@@H]1O. The maximum Gasteiger partial charge on any atom is 0.460 e. The minimum absolute atomic E-state index is 0.111. The molecule has 6 atom stereocenters.